The number of imidazole rings is 1. The fraction of sp³-hybridized carbons (Fsp3) is 0. The summed E-state index contributed by atoms with van der Waals surface area (Å²) < 4.78 is 16.0. The zero-order valence-electron chi connectivity index (χ0n) is 16.8. The fourth-order valence-corrected chi connectivity index (χ4v) is 3.86. The second-order valence-corrected chi connectivity index (χ2v) is 7.68. The molecule has 0 aliphatic heterocycles. The molecule has 4 nitrogen and oxygen atoms in total. The van der Waals surface area contributed by atoms with Crippen LogP contribution in [-0.2, 0) is 0 Å². The maximum Gasteiger partial charge on any atom is 0.260 e. The number of nitrogens with zero attached hydrogens (tertiary/aromatic N) is 2. The molecule has 32 heavy (non-hydrogen) atoms. The van der Waals surface area contributed by atoms with Crippen molar-refractivity contribution < 1.29 is 9.18 Å². The van der Waals surface area contributed by atoms with Gasteiger partial charge >= 0.3 is 0 Å². The maximum atomic E-state index is 14.1. The second kappa shape index (κ2) is 8.29. The molecule has 0 unspecified atom stereocenters. The van der Waals surface area contributed by atoms with Gasteiger partial charge in [-0.25, -0.2) is 9.37 Å². The number of carbonyl (C=O) groups excluding carboxylic acids is 1. The minimum absolute atomic E-state index is 0.0528. The van der Waals surface area contributed by atoms with Crippen LogP contribution in [0.25, 0.3) is 28.0 Å². The zero-order chi connectivity index (χ0) is 22.1. The average Bonchev–Trinajstić information content (AvgIpc) is 3.25. The van der Waals surface area contributed by atoms with Crippen molar-refractivity contribution in [2.75, 3.05) is 5.32 Å². The molecule has 1 amide bonds. The first-order chi connectivity index (χ1) is 15.6. The number of hydrogen-bond donors (Lipinski definition) is 1. The van der Waals surface area contributed by atoms with Crippen LogP contribution in [0.4, 0.5) is 10.1 Å². The van der Waals surface area contributed by atoms with E-state index < -0.39 is 11.7 Å². The quantitative estimate of drug-likeness (QED) is 0.336. The van der Waals surface area contributed by atoms with Crippen molar-refractivity contribution in [1.82, 2.24) is 9.38 Å². The van der Waals surface area contributed by atoms with Crippen LogP contribution < -0.4 is 5.32 Å². The Morgan fingerprint density at radius 2 is 1.56 bits per heavy atom. The Labute approximate surface area is 188 Å². The van der Waals surface area contributed by atoms with Crippen molar-refractivity contribution in [1.29, 1.82) is 0 Å². The molecule has 2 aromatic heterocycles. The number of fused-ring (bicyclic) bond motifs is 1. The minimum Gasteiger partial charge on any atom is -0.319 e. The van der Waals surface area contributed by atoms with Gasteiger partial charge in [-0.1, -0.05) is 72.3 Å². The van der Waals surface area contributed by atoms with Gasteiger partial charge in [0.05, 0.1) is 22.0 Å². The van der Waals surface area contributed by atoms with Gasteiger partial charge < -0.3 is 9.72 Å². The number of hydrogen-bond acceptors (Lipinski definition) is 2. The normalized spacial score (nSPS) is 10.9. The standard InChI is InChI=1S/C26H17ClFN3O/c27-20-8-4-9-21(28)24(20)26(32)30-22-10-5-15-31-16-23(29-25(22)31)19-13-11-18(12-14-19)17-6-2-1-3-7-17/h1-16H,(H,30,32). The molecule has 1 N–H and O–H groups in total. The first-order valence-electron chi connectivity index (χ1n) is 9.99. The van der Waals surface area contributed by atoms with Gasteiger partial charge in [0.1, 0.15) is 5.82 Å². The molecule has 0 saturated carbocycles. The summed E-state index contributed by atoms with van der Waals surface area (Å²) in [4.78, 5) is 17.4. The number of carbonyl (C=O) groups is 1. The van der Waals surface area contributed by atoms with Crippen molar-refractivity contribution in [2.45, 2.75) is 0 Å². The Bertz CT molecular complexity index is 1410. The Morgan fingerprint density at radius 1 is 0.844 bits per heavy atom. The van der Waals surface area contributed by atoms with E-state index in [1.54, 1.807) is 12.1 Å². The van der Waals surface area contributed by atoms with Crippen molar-refractivity contribution in [3.8, 4) is 22.4 Å². The summed E-state index contributed by atoms with van der Waals surface area (Å²) in [5.74, 6) is -1.30. The number of aromatic nitrogens is 2. The molecule has 0 aliphatic rings. The summed E-state index contributed by atoms with van der Waals surface area (Å²) in [6.45, 7) is 0. The van der Waals surface area contributed by atoms with Crippen LogP contribution in [0.3, 0.4) is 0 Å². The average molecular weight is 442 g/mol. The number of nitrogens with one attached hydrogen (secondary N) is 1. The zero-order valence-corrected chi connectivity index (χ0v) is 17.6. The number of amides is 1. The highest BCUT2D eigenvalue weighted by atomic mass is 35.5. The van der Waals surface area contributed by atoms with E-state index >= 15 is 0 Å². The van der Waals surface area contributed by atoms with Crippen molar-refractivity contribution in [2.24, 2.45) is 0 Å². The monoisotopic (exact) mass is 441 g/mol. The van der Waals surface area contributed by atoms with Gasteiger partial charge in [-0.15, -0.1) is 0 Å². The molecule has 5 aromatic rings. The van der Waals surface area contributed by atoms with Crippen molar-refractivity contribution in [3.05, 3.63) is 114 Å². The number of pyridine rings is 1. The lowest BCUT2D eigenvalue weighted by Gasteiger charge is -2.08. The third kappa shape index (κ3) is 3.74. The van der Waals surface area contributed by atoms with Crippen LogP contribution in [0.5, 0.6) is 0 Å². The van der Waals surface area contributed by atoms with E-state index in [1.165, 1.54) is 18.2 Å². The molecule has 0 aliphatic carbocycles. The number of benzene rings is 3. The maximum absolute atomic E-state index is 14.1. The van der Waals surface area contributed by atoms with Gasteiger partial charge in [0.2, 0.25) is 0 Å². The summed E-state index contributed by atoms with van der Waals surface area (Å²) in [5.41, 5.74) is 4.79. The molecule has 5 rings (SSSR count). The molecular formula is C26H17ClFN3O. The van der Waals surface area contributed by atoms with Crippen LogP contribution in [0, 0.1) is 5.82 Å². The first kappa shape index (κ1) is 20.0. The second-order valence-electron chi connectivity index (χ2n) is 7.27. The van der Waals surface area contributed by atoms with Gasteiger partial charge in [-0.05, 0) is 35.4 Å². The molecule has 0 fully saturated rings. The fourth-order valence-electron chi connectivity index (χ4n) is 3.61. The van der Waals surface area contributed by atoms with Crippen LogP contribution in [0.1, 0.15) is 10.4 Å². The van der Waals surface area contributed by atoms with E-state index in [0.29, 0.717) is 11.3 Å². The number of halogens is 2. The van der Waals surface area contributed by atoms with Crippen LogP contribution >= 0.6 is 11.6 Å². The molecule has 0 saturated heterocycles. The third-order valence-corrected chi connectivity index (χ3v) is 5.52. The highest BCUT2D eigenvalue weighted by molar-refractivity contribution is 6.34. The Kier molecular flexibility index (Phi) is 5.17. The van der Waals surface area contributed by atoms with Crippen molar-refractivity contribution >= 4 is 28.8 Å². The van der Waals surface area contributed by atoms with E-state index in [4.69, 9.17) is 16.6 Å². The summed E-state index contributed by atoms with van der Waals surface area (Å²) in [6.07, 6.45) is 3.73. The lowest BCUT2D eigenvalue weighted by Crippen LogP contribution is -2.15. The van der Waals surface area contributed by atoms with E-state index in [0.717, 1.165) is 22.4 Å². The summed E-state index contributed by atoms with van der Waals surface area (Å²) in [6, 6.07) is 25.9. The molecule has 0 radical (unpaired) electrons. The molecule has 3 aromatic carbocycles. The van der Waals surface area contributed by atoms with E-state index in [2.05, 4.69) is 29.6 Å². The van der Waals surface area contributed by atoms with Crippen molar-refractivity contribution in [3.63, 3.8) is 0 Å². The summed E-state index contributed by atoms with van der Waals surface area (Å²) >= 11 is 6.03. The smallest absolute Gasteiger partial charge is 0.260 e. The Hall–Kier alpha value is -3.96. The Balaban J connectivity index is 1.46. The summed E-state index contributed by atoms with van der Waals surface area (Å²) in [7, 11) is 0. The summed E-state index contributed by atoms with van der Waals surface area (Å²) in [5, 5.41) is 2.78. The lowest BCUT2D eigenvalue weighted by atomic mass is 10.0. The molecule has 6 heteroatoms. The molecule has 0 atom stereocenters. The number of anilines is 1. The first-order valence-corrected chi connectivity index (χ1v) is 10.4. The van der Waals surface area contributed by atoms with E-state index in [-0.39, 0.29) is 10.6 Å². The van der Waals surface area contributed by atoms with Crippen LogP contribution in [0.15, 0.2) is 97.3 Å². The number of rotatable bonds is 4. The third-order valence-electron chi connectivity index (χ3n) is 5.21. The topological polar surface area (TPSA) is 46.4 Å². The molecule has 2 heterocycles. The Morgan fingerprint density at radius 3 is 2.31 bits per heavy atom. The molecular weight excluding hydrogens is 425 g/mol. The van der Waals surface area contributed by atoms with Gasteiger partial charge in [-0.3, -0.25) is 4.79 Å². The molecule has 156 valence electrons. The van der Waals surface area contributed by atoms with E-state index in [1.807, 2.05) is 47.1 Å². The van der Waals surface area contributed by atoms with Crippen LogP contribution in [0.2, 0.25) is 5.02 Å². The van der Waals surface area contributed by atoms with Gasteiger partial charge in [0.25, 0.3) is 5.91 Å². The van der Waals surface area contributed by atoms with E-state index in [9.17, 15) is 9.18 Å². The van der Waals surface area contributed by atoms with Gasteiger partial charge in [0, 0.05) is 18.0 Å². The molecule has 0 spiro atoms. The highest BCUT2D eigenvalue weighted by Gasteiger charge is 2.18. The predicted octanol–water partition coefficient (Wildman–Crippen LogP) is 6.71. The lowest BCUT2D eigenvalue weighted by molar-refractivity contribution is 0.102. The van der Waals surface area contributed by atoms with Gasteiger partial charge in [-0.2, -0.15) is 0 Å². The van der Waals surface area contributed by atoms with Gasteiger partial charge in [0.15, 0.2) is 5.65 Å². The minimum atomic E-state index is -0.676. The molecule has 0 bridgehead atoms. The largest absolute Gasteiger partial charge is 0.319 e. The SMILES string of the molecule is O=C(Nc1cccn2cc(-c3ccc(-c4ccccc4)cc3)nc12)c1c(F)cccc1Cl. The highest BCUT2D eigenvalue weighted by Crippen LogP contribution is 2.27. The predicted molar refractivity (Wildman–Crippen MR) is 125 cm³/mol. The van der Waals surface area contributed by atoms with Crippen LogP contribution in [-0.4, -0.2) is 15.3 Å².